The van der Waals surface area contributed by atoms with Crippen molar-refractivity contribution in [2.75, 3.05) is 6.61 Å². The fraction of sp³-hybridized carbons (Fsp3) is 0.800. The van der Waals surface area contributed by atoms with Gasteiger partial charge < -0.3 is 4.74 Å². The second kappa shape index (κ2) is 3.13. The van der Waals surface area contributed by atoms with Crippen LogP contribution in [0.4, 0.5) is 0 Å². The highest BCUT2D eigenvalue weighted by molar-refractivity contribution is 6.00. The third-order valence-corrected chi connectivity index (χ3v) is 3.03. The predicted molar refractivity (Wildman–Crippen MR) is 46.0 cm³/mol. The summed E-state index contributed by atoms with van der Waals surface area (Å²) in [7, 11) is 0. The van der Waals surface area contributed by atoms with Crippen molar-refractivity contribution < 1.29 is 14.3 Å². The Morgan fingerprint density at radius 2 is 2.23 bits per heavy atom. The molecule has 2 fully saturated rings. The van der Waals surface area contributed by atoms with Gasteiger partial charge >= 0.3 is 5.97 Å². The Balaban J connectivity index is 1.97. The third-order valence-electron chi connectivity index (χ3n) is 3.03. The monoisotopic (exact) mass is 182 g/mol. The summed E-state index contributed by atoms with van der Waals surface area (Å²) in [6.45, 7) is 2.14. The van der Waals surface area contributed by atoms with E-state index in [1.165, 1.54) is 0 Å². The van der Waals surface area contributed by atoms with Crippen LogP contribution in [0, 0.1) is 17.8 Å². The van der Waals surface area contributed by atoms with E-state index in [4.69, 9.17) is 4.74 Å². The molecule has 3 nitrogen and oxygen atoms in total. The lowest BCUT2D eigenvalue weighted by Gasteiger charge is -2.17. The van der Waals surface area contributed by atoms with E-state index in [2.05, 4.69) is 0 Å². The topological polar surface area (TPSA) is 43.4 Å². The molecule has 72 valence electrons. The molecule has 0 radical (unpaired) electrons. The number of ether oxygens (including phenoxy) is 1. The lowest BCUT2D eigenvalue weighted by molar-refractivity contribution is -0.152. The van der Waals surface area contributed by atoms with E-state index < -0.39 is 5.92 Å². The number of Topliss-reactive ketones (excluding diaryl/α,β-unsaturated/α-hetero) is 1. The Morgan fingerprint density at radius 1 is 1.46 bits per heavy atom. The van der Waals surface area contributed by atoms with Crippen molar-refractivity contribution in [3.8, 4) is 0 Å². The van der Waals surface area contributed by atoms with Crippen LogP contribution >= 0.6 is 0 Å². The molecule has 2 aliphatic rings. The van der Waals surface area contributed by atoms with Crippen molar-refractivity contribution in [1.29, 1.82) is 0 Å². The first-order chi connectivity index (χ1) is 6.22. The van der Waals surface area contributed by atoms with Crippen LogP contribution in [0.25, 0.3) is 0 Å². The first-order valence-electron chi connectivity index (χ1n) is 4.91. The van der Waals surface area contributed by atoms with Crippen LogP contribution in [0.1, 0.15) is 26.2 Å². The molecule has 0 aromatic heterocycles. The van der Waals surface area contributed by atoms with E-state index in [0.29, 0.717) is 24.9 Å². The van der Waals surface area contributed by atoms with Gasteiger partial charge in [-0.25, -0.2) is 0 Å². The molecule has 0 amide bonds. The summed E-state index contributed by atoms with van der Waals surface area (Å²) in [5.41, 5.74) is 0. The number of esters is 1. The molecule has 0 aromatic carbocycles. The highest BCUT2D eigenvalue weighted by Gasteiger charge is 2.48. The lowest BCUT2D eigenvalue weighted by atomic mass is 9.88. The highest BCUT2D eigenvalue weighted by atomic mass is 16.5. The molecule has 13 heavy (non-hydrogen) atoms. The van der Waals surface area contributed by atoms with Gasteiger partial charge in [0.1, 0.15) is 11.7 Å². The van der Waals surface area contributed by atoms with Gasteiger partial charge in [-0.15, -0.1) is 0 Å². The zero-order chi connectivity index (χ0) is 9.42. The van der Waals surface area contributed by atoms with E-state index in [9.17, 15) is 9.59 Å². The minimum Gasteiger partial charge on any atom is -0.465 e. The Labute approximate surface area is 77.4 Å². The number of ketones is 1. The van der Waals surface area contributed by atoms with Crippen molar-refractivity contribution in [2.24, 2.45) is 17.8 Å². The van der Waals surface area contributed by atoms with Gasteiger partial charge in [0.05, 0.1) is 6.61 Å². The van der Waals surface area contributed by atoms with Gasteiger partial charge in [0.2, 0.25) is 0 Å². The largest absolute Gasteiger partial charge is 0.465 e. The molecule has 2 aliphatic carbocycles. The quantitative estimate of drug-likeness (QED) is 0.475. The summed E-state index contributed by atoms with van der Waals surface area (Å²) < 4.78 is 4.86. The molecular formula is C10H14O3. The number of fused-ring (bicyclic) bond motifs is 1. The van der Waals surface area contributed by atoms with Crippen molar-refractivity contribution in [3.05, 3.63) is 0 Å². The molecule has 0 spiro atoms. The molecule has 0 bridgehead atoms. The van der Waals surface area contributed by atoms with Gasteiger partial charge in [0.15, 0.2) is 0 Å². The summed E-state index contributed by atoms with van der Waals surface area (Å²) in [6, 6.07) is 0. The van der Waals surface area contributed by atoms with Crippen LogP contribution in [0.3, 0.4) is 0 Å². The summed E-state index contributed by atoms with van der Waals surface area (Å²) >= 11 is 0. The molecule has 0 saturated heterocycles. The van der Waals surface area contributed by atoms with Crippen LogP contribution in [-0.4, -0.2) is 18.4 Å². The van der Waals surface area contributed by atoms with Crippen LogP contribution in [0.2, 0.25) is 0 Å². The molecule has 0 heterocycles. The highest BCUT2D eigenvalue weighted by Crippen LogP contribution is 2.50. The van der Waals surface area contributed by atoms with Gasteiger partial charge in [-0.2, -0.15) is 0 Å². The average Bonchev–Trinajstić information content (AvgIpc) is 2.81. The van der Waals surface area contributed by atoms with E-state index >= 15 is 0 Å². The summed E-state index contributed by atoms with van der Waals surface area (Å²) in [4.78, 5) is 22.8. The smallest absolute Gasteiger partial charge is 0.316 e. The summed E-state index contributed by atoms with van der Waals surface area (Å²) in [5.74, 6) is 0.573. The van der Waals surface area contributed by atoms with E-state index in [1.807, 2.05) is 0 Å². The fourth-order valence-corrected chi connectivity index (χ4v) is 2.15. The van der Waals surface area contributed by atoms with E-state index in [0.717, 1.165) is 12.8 Å². The third kappa shape index (κ3) is 1.60. The first kappa shape index (κ1) is 8.73. The second-order valence-corrected chi connectivity index (χ2v) is 3.97. The maximum absolute atomic E-state index is 11.4. The molecule has 2 rings (SSSR count). The molecule has 0 aliphatic heterocycles. The van der Waals surface area contributed by atoms with E-state index in [-0.39, 0.29) is 11.8 Å². The van der Waals surface area contributed by atoms with E-state index in [1.54, 1.807) is 6.92 Å². The molecular weight excluding hydrogens is 168 g/mol. The van der Waals surface area contributed by atoms with Gasteiger partial charge in [-0.3, -0.25) is 9.59 Å². The molecule has 3 unspecified atom stereocenters. The SMILES string of the molecule is CCOC(=O)C1CC2CC2CC1=O. The molecule has 3 heteroatoms. The first-order valence-corrected chi connectivity index (χ1v) is 4.91. The number of carbonyl (C=O) groups excluding carboxylic acids is 2. The van der Waals surface area contributed by atoms with Crippen molar-refractivity contribution in [2.45, 2.75) is 26.2 Å². The van der Waals surface area contributed by atoms with Gasteiger partial charge in [-0.1, -0.05) is 0 Å². The zero-order valence-corrected chi connectivity index (χ0v) is 7.79. The number of rotatable bonds is 2. The molecule has 3 atom stereocenters. The van der Waals surface area contributed by atoms with Gasteiger partial charge in [0.25, 0.3) is 0 Å². The Kier molecular flexibility index (Phi) is 2.10. The normalized spacial score (nSPS) is 36.7. The van der Waals surface area contributed by atoms with Gasteiger partial charge in [0, 0.05) is 6.42 Å². The van der Waals surface area contributed by atoms with Crippen LogP contribution in [0.5, 0.6) is 0 Å². The fourth-order valence-electron chi connectivity index (χ4n) is 2.15. The molecule has 0 aromatic rings. The summed E-state index contributed by atoms with van der Waals surface area (Å²) in [5, 5.41) is 0. The minimum absolute atomic E-state index is 0.0946. The Morgan fingerprint density at radius 3 is 2.92 bits per heavy atom. The van der Waals surface area contributed by atoms with Crippen LogP contribution in [0.15, 0.2) is 0 Å². The van der Waals surface area contributed by atoms with Crippen molar-refractivity contribution in [3.63, 3.8) is 0 Å². The second-order valence-electron chi connectivity index (χ2n) is 3.97. The lowest BCUT2D eigenvalue weighted by Crippen LogP contribution is -2.29. The van der Waals surface area contributed by atoms with Crippen molar-refractivity contribution >= 4 is 11.8 Å². The van der Waals surface area contributed by atoms with Gasteiger partial charge in [-0.05, 0) is 31.6 Å². The number of carbonyl (C=O) groups is 2. The molecule has 0 N–H and O–H groups in total. The Hall–Kier alpha value is -0.860. The number of hydrogen-bond acceptors (Lipinski definition) is 3. The minimum atomic E-state index is -0.441. The predicted octanol–water partition coefficient (Wildman–Crippen LogP) is 1.16. The zero-order valence-electron chi connectivity index (χ0n) is 7.79. The molecule has 2 saturated carbocycles. The standard InChI is InChI=1S/C10H14O3/c1-2-13-10(12)8-4-6-3-7(6)5-9(8)11/h6-8H,2-5H2,1H3. The van der Waals surface area contributed by atoms with Crippen molar-refractivity contribution in [1.82, 2.24) is 0 Å². The summed E-state index contributed by atoms with van der Waals surface area (Å²) in [6.07, 6.45) is 2.48. The maximum atomic E-state index is 11.4. The Bertz CT molecular complexity index is 247. The number of hydrogen-bond donors (Lipinski definition) is 0. The maximum Gasteiger partial charge on any atom is 0.316 e. The van der Waals surface area contributed by atoms with Crippen LogP contribution < -0.4 is 0 Å². The average molecular weight is 182 g/mol. The van der Waals surface area contributed by atoms with Crippen LogP contribution in [-0.2, 0) is 14.3 Å².